The van der Waals surface area contributed by atoms with Gasteiger partial charge in [-0.25, -0.2) is 0 Å². The summed E-state index contributed by atoms with van der Waals surface area (Å²) in [6.45, 7) is 0. The van der Waals surface area contributed by atoms with Gasteiger partial charge < -0.3 is 24.8 Å². The van der Waals surface area contributed by atoms with Crippen LogP contribution in [0.25, 0.3) is 0 Å². The van der Waals surface area contributed by atoms with Crippen molar-refractivity contribution in [3.63, 3.8) is 0 Å². The molecule has 0 N–H and O–H groups in total. The van der Waals surface area contributed by atoms with E-state index < -0.39 is 0 Å². The second kappa shape index (κ2) is 8.08. The van der Waals surface area contributed by atoms with Crippen LogP contribution in [0.1, 0.15) is 0 Å². The first-order valence-electron chi connectivity index (χ1n) is 3.21. The van der Waals surface area contributed by atoms with E-state index in [0.717, 1.165) is 16.4 Å². The van der Waals surface area contributed by atoms with Gasteiger partial charge in [-0.3, -0.25) is 0 Å². The molecular weight excluding hydrogens is 358 g/mol. The summed E-state index contributed by atoms with van der Waals surface area (Å²) in [5.41, 5.74) is 0. The fourth-order valence-corrected chi connectivity index (χ4v) is 14.6. The fourth-order valence-electron chi connectivity index (χ4n) is 0.779. The Hall–Kier alpha value is 1.88. The quantitative estimate of drug-likeness (QED) is 0.532. The molecule has 2 aromatic rings. The van der Waals surface area contributed by atoms with Gasteiger partial charge in [-0.1, -0.05) is 0 Å². The van der Waals surface area contributed by atoms with Crippen molar-refractivity contribution in [1.82, 2.24) is 0 Å². The molecule has 0 aliphatic heterocycles. The van der Waals surface area contributed by atoms with E-state index in [-0.39, 0.29) is 48.0 Å². The standard InChI is InChI=1S/2C3H3P2.2ClH.Zr/c2*1-2-5-3-4-1;;;/h2*1-2,4H;2*1H;/q;;;;+2/p-2. The average molecular weight is 364 g/mol. The number of halogens is 2. The van der Waals surface area contributed by atoms with Crippen molar-refractivity contribution in [3.05, 3.63) is 23.2 Å². The monoisotopic (exact) mass is 362 g/mol. The third kappa shape index (κ3) is 4.96. The molecule has 2 atom stereocenters. The molecule has 2 unspecified atom stereocenters. The number of hydrogen-bond acceptors (Lipinski definition) is 0. The molecular formula is C6H6Cl2P4Zr. The molecule has 0 aromatic carbocycles. The Morgan fingerprint density at radius 2 is 1.38 bits per heavy atom. The van der Waals surface area contributed by atoms with E-state index in [0.29, 0.717) is 0 Å². The predicted octanol–water partition coefficient (Wildman–Crippen LogP) is -3.05. The van der Waals surface area contributed by atoms with Gasteiger partial charge in [-0.2, -0.15) is 0 Å². The molecule has 68 valence electrons. The minimum absolute atomic E-state index is 0. The van der Waals surface area contributed by atoms with Gasteiger partial charge in [-0.05, 0) is 0 Å². The first kappa shape index (κ1) is 14.9. The number of hydrogen-bond donors (Lipinski definition) is 0. The molecule has 2 aromatic heterocycles. The molecule has 0 nitrogen and oxygen atoms in total. The van der Waals surface area contributed by atoms with Crippen LogP contribution >= 0.6 is 32.8 Å². The van der Waals surface area contributed by atoms with Crippen molar-refractivity contribution in [2.75, 3.05) is 0 Å². The first-order valence-corrected chi connectivity index (χ1v) is 9.75. The molecule has 0 amide bonds. The molecule has 0 spiro atoms. The van der Waals surface area contributed by atoms with Gasteiger partial charge in [-0.15, -0.1) is 0 Å². The van der Waals surface area contributed by atoms with E-state index in [1.165, 1.54) is 0 Å². The molecule has 0 saturated carbocycles. The maximum absolute atomic E-state index is 2.35. The van der Waals surface area contributed by atoms with E-state index in [1.54, 1.807) is 16.4 Å². The van der Waals surface area contributed by atoms with Gasteiger partial charge in [0.2, 0.25) is 0 Å². The van der Waals surface area contributed by atoms with Crippen LogP contribution in [0, 0.1) is 0 Å². The van der Waals surface area contributed by atoms with E-state index in [9.17, 15) is 0 Å². The molecule has 2 rings (SSSR count). The Balaban J connectivity index is 0.000000720. The topological polar surface area (TPSA) is 0 Å². The van der Waals surface area contributed by atoms with Gasteiger partial charge >= 0.3 is 84.7 Å². The summed E-state index contributed by atoms with van der Waals surface area (Å²) in [4.78, 5) is 0. The molecule has 7 heteroatoms. The van der Waals surface area contributed by atoms with Gasteiger partial charge in [0.25, 0.3) is 0 Å². The van der Waals surface area contributed by atoms with Crippen LogP contribution in [0.3, 0.4) is 0 Å². The van der Waals surface area contributed by atoms with E-state index >= 15 is 0 Å². The second-order valence-corrected chi connectivity index (χ2v) is 14.7. The maximum atomic E-state index is 2.35. The van der Waals surface area contributed by atoms with E-state index in [1.807, 2.05) is 5.47 Å². The van der Waals surface area contributed by atoms with Crippen LogP contribution < -0.4 is 30.3 Å². The van der Waals surface area contributed by atoms with Gasteiger partial charge in [0.1, 0.15) is 0 Å². The first-order chi connectivity index (χ1) is 5.45. The van der Waals surface area contributed by atoms with Crippen molar-refractivity contribution < 1.29 is 48.0 Å². The average Bonchev–Trinajstić information content (AvgIpc) is 2.60. The molecule has 0 bridgehead atoms. The third-order valence-corrected chi connectivity index (χ3v) is 13.7. The zero-order valence-corrected chi connectivity index (χ0v) is 14.2. The molecule has 0 aliphatic carbocycles. The minimum atomic E-state index is -0.201. The van der Waals surface area contributed by atoms with Gasteiger partial charge in [0.05, 0.1) is 0 Å². The fraction of sp³-hybridized carbons (Fsp3) is 0. The van der Waals surface area contributed by atoms with Gasteiger partial charge in [0, 0.05) is 0 Å². The number of rotatable bonds is 2. The van der Waals surface area contributed by atoms with Crippen LogP contribution in [-0.2, 0) is 23.2 Å². The van der Waals surface area contributed by atoms with E-state index in [2.05, 4.69) is 23.2 Å². The summed E-state index contributed by atoms with van der Waals surface area (Å²) in [6, 6.07) is 0. The second-order valence-electron chi connectivity index (χ2n) is 2.00. The summed E-state index contributed by atoms with van der Waals surface area (Å²) in [7, 11) is 5.26. The molecule has 2 heterocycles. The Kier molecular flexibility index (Phi) is 9.25. The summed E-state index contributed by atoms with van der Waals surface area (Å²) < 4.78 is 3.76. The van der Waals surface area contributed by atoms with Crippen LogP contribution in [0.2, 0.25) is 0 Å². The Morgan fingerprint density at radius 3 is 1.69 bits per heavy atom. The molecule has 0 aliphatic rings. The summed E-state index contributed by atoms with van der Waals surface area (Å²) in [5.74, 6) is 9.33. The molecule has 0 radical (unpaired) electrons. The van der Waals surface area contributed by atoms with E-state index in [4.69, 9.17) is 0 Å². The van der Waals surface area contributed by atoms with Crippen LogP contribution in [0.4, 0.5) is 0 Å². The zero-order chi connectivity index (χ0) is 7.52. The normalized spacial score (nSPS) is 10.5. The third-order valence-electron chi connectivity index (χ3n) is 1.23. The summed E-state index contributed by atoms with van der Waals surface area (Å²) in [6.07, 6.45) is 0. The predicted molar refractivity (Wildman–Crippen MR) is 56.2 cm³/mol. The van der Waals surface area contributed by atoms with Crippen molar-refractivity contribution in [2.45, 2.75) is 0 Å². The van der Waals surface area contributed by atoms with Crippen molar-refractivity contribution in [2.24, 2.45) is 0 Å². The van der Waals surface area contributed by atoms with Crippen LogP contribution in [0.15, 0.2) is 23.2 Å². The Bertz CT molecular complexity index is 275. The Morgan fingerprint density at radius 1 is 0.923 bits per heavy atom. The van der Waals surface area contributed by atoms with Crippen molar-refractivity contribution >= 4 is 38.2 Å². The summed E-state index contributed by atoms with van der Waals surface area (Å²) >= 11 is -0.201. The SMILES string of the molecule is [Cl-].[Cl-].c1c[pH][c]([Zr+2][c]2pcc[pH]2)p1. The molecule has 13 heavy (non-hydrogen) atoms. The molecule has 0 saturated heterocycles. The Labute approximate surface area is 108 Å². The van der Waals surface area contributed by atoms with Crippen molar-refractivity contribution in [1.29, 1.82) is 0 Å². The van der Waals surface area contributed by atoms with Crippen LogP contribution in [-0.4, -0.2) is 0 Å². The van der Waals surface area contributed by atoms with Gasteiger partial charge in [0.15, 0.2) is 0 Å². The molecule has 0 fully saturated rings. The summed E-state index contributed by atoms with van der Waals surface area (Å²) in [5, 5.41) is 0. The van der Waals surface area contributed by atoms with Crippen LogP contribution in [0.5, 0.6) is 0 Å². The zero-order valence-electron chi connectivity index (χ0n) is 6.46. The van der Waals surface area contributed by atoms with Crippen molar-refractivity contribution in [3.8, 4) is 0 Å².